The second-order valence-electron chi connectivity index (χ2n) is 14.6. The number of hydrazine groups is 1. The van der Waals surface area contributed by atoms with Gasteiger partial charge in [-0.3, -0.25) is 29.5 Å². The van der Waals surface area contributed by atoms with E-state index in [1.807, 2.05) is 112 Å². The maximum atomic E-state index is 15.3. The Morgan fingerprint density at radius 2 is 1.47 bits per heavy atom. The van der Waals surface area contributed by atoms with Gasteiger partial charge in [-0.2, -0.15) is 5.01 Å². The van der Waals surface area contributed by atoms with Crippen molar-refractivity contribution in [3.8, 4) is 5.75 Å². The molecule has 0 bridgehead atoms. The summed E-state index contributed by atoms with van der Waals surface area (Å²) in [7, 11) is 0. The Hall–Kier alpha value is -5.50. The van der Waals surface area contributed by atoms with Gasteiger partial charge in [0.25, 0.3) is 11.8 Å². The van der Waals surface area contributed by atoms with Crippen molar-refractivity contribution in [3.63, 3.8) is 0 Å². The highest BCUT2D eigenvalue weighted by atomic mass is 16.3. The molecule has 1 saturated carbocycles. The molecule has 8 heteroatoms. The molecule has 2 N–H and O–H groups in total. The largest absolute Gasteiger partial charge is 0.507 e. The van der Waals surface area contributed by atoms with Crippen molar-refractivity contribution in [2.75, 3.05) is 10.3 Å². The fourth-order valence-corrected chi connectivity index (χ4v) is 9.41. The van der Waals surface area contributed by atoms with E-state index >= 15 is 4.79 Å². The zero-order chi connectivity index (χ0) is 35.8. The first-order chi connectivity index (χ1) is 24.6. The van der Waals surface area contributed by atoms with Crippen LogP contribution in [0.25, 0.3) is 0 Å². The van der Waals surface area contributed by atoms with Crippen LogP contribution in [0.1, 0.15) is 59.1 Å². The molecule has 2 aliphatic heterocycles. The number of benzene rings is 4. The number of phenolic OH excluding ortho intramolecular Hbond substituents is 1. The maximum Gasteiger partial charge on any atom is 0.260 e. The van der Waals surface area contributed by atoms with Gasteiger partial charge in [-0.15, -0.1) is 0 Å². The number of hydrogen-bond donors (Lipinski definition) is 2. The van der Waals surface area contributed by atoms with Gasteiger partial charge in [0.15, 0.2) is 0 Å². The normalized spacial score (nSPS) is 26.9. The molecule has 4 aliphatic rings. The molecular formula is C43H41N3O5. The number of aryl methyl sites for hydroxylation is 4. The molecule has 2 heterocycles. The molecule has 2 saturated heterocycles. The molecule has 0 radical (unpaired) electrons. The Morgan fingerprint density at radius 3 is 2.12 bits per heavy atom. The van der Waals surface area contributed by atoms with Gasteiger partial charge in [-0.05, 0) is 98.0 Å². The van der Waals surface area contributed by atoms with Crippen molar-refractivity contribution in [1.29, 1.82) is 0 Å². The van der Waals surface area contributed by atoms with Gasteiger partial charge in [-0.25, -0.2) is 0 Å². The number of fused-ring (bicyclic) bond motifs is 4. The van der Waals surface area contributed by atoms with Gasteiger partial charge in [0.2, 0.25) is 11.8 Å². The van der Waals surface area contributed by atoms with Crippen molar-refractivity contribution < 1.29 is 24.3 Å². The Kier molecular flexibility index (Phi) is 7.74. The van der Waals surface area contributed by atoms with Gasteiger partial charge >= 0.3 is 0 Å². The Bertz CT molecular complexity index is 2100. The van der Waals surface area contributed by atoms with Gasteiger partial charge in [0.1, 0.15) is 5.75 Å². The highest BCUT2D eigenvalue weighted by molar-refractivity contribution is 6.22. The standard InChI is InChI=1S/C43H41N3O5/c1-5-27-13-17-31(18-14-27)45-39(48)33-20-19-32-34(36(33)41(45)50)23-35-40(49)46(44-30-15-11-24(2)12-16-30)42(51)43(35,29-9-7-6-8-10-29)37(32)28-21-25(3)38(47)26(4)22-28/h6-19,21-22,33-37,44,47H,5,20,23H2,1-4H3. The van der Waals surface area contributed by atoms with E-state index in [9.17, 15) is 19.5 Å². The van der Waals surface area contributed by atoms with Crippen LogP contribution in [0.15, 0.2) is 103 Å². The molecule has 51 heavy (non-hydrogen) atoms. The Morgan fingerprint density at radius 1 is 0.804 bits per heavy atom. The van der Waals surface area contributed by atoms with E-state index in [-0.39, 0.29) is 35.8 Å². The van der Waals surface area contributed by atoms with Gasteiger partial charge in [0.05, 0.1) is 34.5 Å². The highest BCUT2D eigenvalue weighted by Crippen LogP contribution is 2.64. The van der Waals surface area contributed by atoms with Gasteiger partial charge < -0.3 is 5.11 Å². The molecule has 6 atom stereocenters. The minimum absolute atomic E-state index is 0.173. The highest BCUT2D eigenvalue weighted by Gasteiger charge is 2.70. The number of carbonyl (C=O) groups is 4. The Labute approximate surface area is 297 Å². The maximum absolute atomic E-state index is 15.3. The van der Waals surface area contributed by atoms with Crippen molar-refractivity contribution in [2.24, 2.45) is 23.7 Å². The van der Waals surface area contributed by atoms with Crippen molar-refractivity contribution >= 4 is 35.0 Å². The lowest BCUT2D eigenvalue weighted by Gasteiger charge is -2.50. The molecule has 4 aromatic rings. The summed E-state index contributed by atoms with van der Waals surface area (Å²) in [6.07, 6.45) is 3.48. The van der Waals surface area contributed by atoms with Gasteiger partial charge in [0, 0.05) is 5.92 Å². The van der Waals surface area contributed by atoms with Crippen LogP contribution in [0, 0.1) is 44.4 Å². The number of phenols is 1. The molecule has 258 valence electrons. The van der Waals surface area contributed by atoms with E-state index in [1.54, 1.807) is 0 Å². The smallest absolute Gasteiger partial charge is 0.260 e. The first kappa shape index (κ1) is 32.7. The van der Waals surface area contributed by atoms with E-state index < -0.39 is 35.0 Å². The third-order valence-corrected chi connectivity index (χ3v) is 11.8. The molecule has 6 unspecified atom stereocenters. The lowest BCUT2D eigenvalue weighted by atomic mass is 9.49. The number of nitrogens with one attached hydrogen (secondary N) is 1. The van der Waals surface area contributed by atoms with Crippen LogP contribution in [0.5, 0.6) is 5.75 Å². The fourth-order valence-electron chi connectivity index (χ4n) is 9.41. The average molecular weight is 680 g/mol. The van der Waals surface area contributed by atoms with Crippen molar-refractivity contribution in [1.82, 2.24) is 5.01 Å². The summed E-state index contributed by atoms with van der Waals surface area (Å²) in [4.78, 5) is 60.1. The SMILES string of the molecule is CCc1ccc(N2C(=O)C3CC=C4C(CC5C(=O)N(Nc6ccc(C)cc6)C(=O)C5(c5ccccc5)C4c4cc(C)c(O)c(C)c4)C3C2=O)cc1. The van der Waals surface area contributed by atoms with Crippen molar-refractivity contribution in [3.05, 3.63) is 136 Å². The number of anilines is 2. The molecule has 8 nitrogen and oxygen atoms in total. The predicted octanol–water partition coefficient (Wildman–Crippen LogP) is 7.07. The molecular weight excluding hydrogens is 638 g/mol. The van der Waals surface area contributed by atoms with Crippen LogP contribution in [0.4, 0.5) is 11.4 Å². The lowest BCUT2D eigenvalue weighted by Crippen LogP contribution is -2.53. The topological polar surface area (TPSA) is 107 Å². The van der Waals surface area contributed by atoms with Crippen LogP contribution in [-0.2, 0) is 31.0 Å². The minimum atomic E-state index is -1.36. The first-order valence-corrected chi connectivity index (χ1v) is 17.8. The summed E-state index contributed by atoms with van der Waals surface area (Å²) >= 11 is 0. The number of rotatable bonds is 6. The van der Waals surface area contributed by atoms with E-state index in [0.717, 1.165) is 28.7 Å². The second-order valence-corrected chi connectivity index (χ2v) is 14.6. The minimum Gasteiger partial charge on any atom is -0.507 e. The number of aromatic hydroxyl groups is 1. The van der Waals surface area contributed by atoms with Gasteiger partial charge in [-0.1, -0.05) is 90.9 Å². The molecule has 4 aromatic carbocycles. The third-order valence-electron chi connectivity index (χ3n) is 11.8. The first-order valence-electron chi connectivity index (χ1n) is 17.8. The number of allylic oxidation sites excluding steroid dienone is 2. The zero-order valence-electron chi connectivity index (χ0n) is 29.2. The van der Waals surface area contributed by atoms with Crippen LogP contribution >= 0.6 is 0 Å². The number of hydrogen-bond acceptors (Lipinski definition) is 6. The number of amides is 4. The molecule has 4 amide bonds. The Balaban J connectivity index is 1.32. The summed E-state index contributed by atoms with van der Waals surface area (Å²) < 4.78 is 0. The average Bonchev–Trinajstić information content (AvgIpc) is 3.52. The molecule has 8 rings (SSSR count). The summed E-state index contributed by atoms with van der Waals surface area (Å²) in [6.45, 7) is 7.69. The summed E-state index contributed by atoms with van der Waals surface area (Å²) in [5.74, 6) is -4.26. The fraction of sp³-hybridized carbons (Fsp3) is 0.302. The van der Waals surface area contributed by atoms with Crippen molar-refractivity contribution in [2.45, 2.75) is 58.3 Å². The van der Waals surface area contributed by atoms with E-state index in [2.05, 4.69) is 18.4 Å². The molecule has 2 aliphatic carbocycles. The van der Waals surface area contributed by atoms with Crippen LogP contribution in [0.2, 0.25) is 0 Å². The molecule has 0 spiro atoms. The summed E-state index contributed by atoms with van der Waals surface area (Å²) in [6, 6.07) is 28.4. The van der Waals surface area contributed by atoms with Crippen LogP contribution in [0.3, 0.4) is 0 Å². The quantitative estimate of drug-likeness (QED) is 0.167. The monoisotopic (exact) mass is 679 g/mol. The van der Waals surface area contributed by atoms with E-state index in [1.165, 1.54) is 9.91 Å². The predicted molar refractivity (Wildman–Crippen MR) is 195 cm³/mol. The number of nitrogens with zero attached hydrogens (tertiary/aromatic N) is 2. The molecule has 3 fully saturated rings. The third kappa shape index (κ3) is 4.79. The lowest BCUT2D eigenvalue weighted by molar-refractivity contribution is -0.138. The summed E-state index contributed by atoms with van der Waals surface area (Å²) in [5.41, 5.74) is 8.80. The number of imide groups is 2. The summed E-state index contributed by atoms with van der Waals surface area (Å²) in [5, 5.41) is 12.0. The van der Waals surface area contributed by atoms with Crippen LogP contribution in [-0.4, -0.2) is 33.7 Å². The second kappa shape index (κ2) is 12.1. The zero-order valence-corrected chi connectivity index (χ0v) is 29.2. The van der Waals surface area contributed by atoms with E-state index in [4.69, 9.17) is 0 Å². The van der Waals surface area contributed by atoms with E-state index in [0.29, 0.717) is 34.5 Å². The molecule has 0 aromatic heterocycles. The number of carbonyl (C=O) groups excluding carboxylic acids is 4. The van der Waals surface area contributed by atoms with Crippen LogP contribution < -0.4 is 10.3 Å².